The third-order valence-electron chi connectivity index (χ3n) is 5.69. The molecule has 2 N–H and O–H groups in total. The molecule has 8 heteroatoms. The van der Waals surface area contributed by atoms with Gasteiger partial charge < -0.3 is 10.6 Å². The number of carbonyl (C=O) groups is 2. The topological polar surface area (TPSA) is 99.8 Å². The van der Waals surface area contributed by atoms with Gasteiger partial charge in [0.15, 0.2) is 5.69 Å². The van der Waals surface area contributed by atoms with Crippen LogP contribution in [0.25, 0.3) is 10.9 Å². The highest BCUT2D eigenvalue weighted by Crippen LogP contribution is 2.26. The zero-order valence-corrected chi connectivity index (χ0v) is 19.1. The fourth-order valence-corrected chi connectivity index (χ4v) is 3.84. The van der Waals surface area contributed by atoms with E-state index in [1.54, 1.807) is 16.8 Å². The number of rotatable bonds is 8. The van der Waals surface area contributed by atoms with Gasteiger partial charge in [-0.3, -0.25) is 14.3 Å². The highest BCUT2D eigenvalue weighted by molar-refractivity contribution is 6.31. The van der Waals surface area contributed by atoms with Gasteiger partial charge in [0.1, 0.15) is 6.04 Å². The van der Waals surface area contributed by atoms with Gasteiger partial charge in [0, 0.05) is 29.4 Å². The molecule has 3 rings (SSSR count). The van der Waals surface area contributed by atoms with Crippen molar-refractivity contribution in [3.63, 3.8) is 0 Å². The molecule has 2 amide bonds. The molecule has 0 bridgehead atoms. The number of hydrogen-bond donors (Lipinski definition) is 2. The van der Waals surface area contributed by atoms with Gasteiger partial charge in [-0.05, 0) is 55.7 Å². The summed E-state index contributed by atoms with van der Waals surface area (Å²) in [6.45, 7) is 6.39. The Morgan fingerprint density at radius 3 is 2.68 bits per heavy atom. The Balaban J connectivity index is 1.84. The smallest absolute Gasteiger partial charge is 0.273 e. The van der Waals surface area contributed by atoms with Gasteiger partial charge in [-0.1, -0.05) is 32.4 Å². The maximum Gasteiger partial charge on any atom is 0.273 e. The molecule has 1 fully saturated rings. The van der Waals surface area contributed by atoms with Crippen LogP contribution < -0.4 is 10.6 Å². The number of hydrogen-bond acceptors (Lipinski definition) is 4. The highest BCUT2D eigenvalue weighted by Gasteiger charge is 2.35. The van der Waals surface area contributed by atoms with Gasteiger partial charge in [-0.25, -0.2) is 0 Å². The number of nitriles is 1. The summed E-state index contributed by atoms with van der Waals surface area (Å²) in [5.74, 6) is -0.560. The molecule has 31 heavy (non-hydrogen) atoms. The minimum atomic E-state index is -0.685. The Kier molecular flexibility index (Phi) is 7.22. The molecule has 0 radical (unpaired) electrons. The third-order valence-corrected chi connectivity index (χ3v) is 5.93. The summed E-state index contributed by atoms with van der Waals surface area (Å²) in [6, 6.07) is 6.99. The minimum absolute atomic E-state index is 0.163. The fraction of sp³-hybridized carbons (Fsp3) is 0.565. The number of halogens is 1. The van der Waals surface area contributed by atoms with Crippen molar-refractivity contribution >= 4 is 34.3 Å². The fourth-order valence-electron chi connectivity index (χ4n) is 3.67. The number of unbranched alkanes of at least 4 members (excludes halogenated alkanes) is 2. The molecule has 0 unspecified atom stereocenters. The van der Waals surface area contributed by atoms with Crippen molar-refractivity contribution in [2.75, 3.05) is 0 Å². The van der Waals surface area contributed by atoms with Crippen molar-refractivity contribution in [3.05, 3.63) is 28.9 Å². The molecule has 1 aliphatic carbocycles. The minimum Gasteiger partial charge on any atom is -0.352 e. The number of fused-ring (bicyclic) bond motifs is 1. The normalized spacial score (nSPS) is 15.2. The van der Waals surface area contributed by atoms with E-state index in [1.165, 1.54) is 0 Å². The van der Waals surface area contributed by atoms with Crippen molar-refractivity contribution < 1.29 is 9.59 Å². The molecule has 2 aromatic rings. The zero-order valence-electron chi connectivity index (χ0n) is 18.4. The second-order valence-electron chi connectivity index (χ2n) is 9.26. The van der Waals surface area contributed by atoms with Crippen LogP contribution in [0.2, 0.25) is 5.02 Å². The van der Waals surface area contributed by atoms with E-state index in [1.807, 2.05) is 26.8 Å². The lowest BCUT2D eigenvalue weighted by atomic mass is 9.85. The maximum atomic E-state index is 13.2. The van der Waals surface area contributed by atoms with Gasteiger partial charge in [-0.15, -0.1) is 0 Å². The van der Waals surface area contributed by atoms with E-state index in [-0.39, 0.29) is 17.6 Å². The molecule has 1 aliphatic rings. The molecule has 1 aromatic heterocycles. The highest BCUT2D eigenvalue weighted by atomic mass is 35.5. The van der Waals surface area contributed by atoms with Crippen LogP contribution in [0, 0.1) is 16.7 Å². The van der Waals surface area contributed by atoms with Crippen LogP contribution in [-0.4, -0.2) is 33.7 Å². The van der Waals surface area contributed by atoms with E-state index in [9.17, 15) is 9.59 Å². The van der Waals surface area contributed by atoms with Crippen molar-refractivity contribution in [2.45, 2.75) is 77.9 Å². The molecule has 1 aromatic carbocycles. The lowest BCUT2D eigenvalue weighted by molar-refractivity contribution is -0.126. The second-order valence-corrected chi connectivity index (χ2v) is 9.69. The van der Waals surface area contributed by atoms with Gasteiger partial charge in [-0.2, -0.15) is 10.4 Å². The largest absolute Gasteiger partial charge is 0.352 e. The van der Waals surface area contributed by atoms with Crippen LogP contribution in [-0.2, 0) is 11.3 Å². The molecule has 0 spiro atoms. The average molecular weight is 444 g/mol. The van der Waals surface area contributed by atoms with Crippen LogP contribution in [0.5, 0.6) is 0 Å². The van der Waals surface area contributed by atoms with Crippen molar-refractivity contribution in [3.8, 4) is 6.07 Å². The first-order valence-corrected chi connectivity index (χ1v) is 11.2. The van der Waals surface area contributed by atoms with E-state index in [0.717, 1.165) is 37.6 Å². The summed E-state index contributed by atoms with van der Waals surface area (Å²) in [5, 5.41) is 20.4. The Morgan fingerprint density at radius 1 is 1.32 bits per heavy atom. The number of aromatic nitrogens is 2. The predicted molar refractivity (Wildman–Crippen MR) is 121 cm³/mol. The SMILES string of the molecule is CC(C)(C)[C@H](NC(=O)c1nn(CCCCC#N)c2ccc(Cl)cc12)C(=O)NC1CCC1. The van der Waals surface area contributed by atoms with Crippen LogP contribution in [0.1, 0.15) is 69.8 Å². The van der Waals surface area contributed by atoms with Gasteiger partial charge in [0.25, 0.3) is 5.91 Å². The summed E-state index contributed by atoms with van der Waals surface area (Å²) in [6.07, 6.45) is 5.12. The van der Waals surface area contributed by atoms with E-state index in [4.69, 9.17) is 16.9 Å². The number of amides is 2. The standard InChI is InChI=1S/C23H30ClN5O2/c1-23(2,3)20(22(31)26-16-8-7-9-16)27-21(30)19-17-14-15(24)10-11-18(17)29(28-19)13-6-4-5-12-25/h10-11,14,16,20H,4-9,13H2,1-3H3,(H,26,31)(H,27,30)/t20-/m1/s1. The van der Waals surface area contributed by atoms with Gasteiger partial charge in [0.2, 0.25) is 5.91 Å². The third kappa shape index (κ3) is 5.56. The van der Waals surface area contributed by atoms with Crippen molar-refractivity contribution in [1.82, 2.24) is 20.4 Å². The first-order chi connectivity index (χ1) is 14.7. The lowest BCUT2D eigenvalue weighted by Crippen LogP contribution is -2.56. The van der Waals surface area contributed by atoms with Crippen LogP contribution in [0.3, 0.4) is 0 Å². The molecule has 7 nitrogen and oxygen atoms in total. The number of carbonyl (C=O) groups excluding carboxylic acids is 2. The van der Waals surface area contributed by atoms with E-state index in [0.29, 0.717) is 23.4 Å². The monoisotopic (exact) mass is 443 g/mol. The Morgan fingerprint density at radius 2 is 2.06 bits per heavy atom. The van der Waals surface area contributed by atoms with E-state index >= 15 is 0 Å². The van der Waals surface area contributed by atoms with Gasteiger partial charge >= 0.3 is 0 Å². The number of nitrogens with one attached hydrogen (secondary N) is 2. The molecule has 1 atom stereocenters. The van der Waals surface area contributed by atoms with Gasteiger partial charge in [0.05, 0.1) is 11.6 Å². The molecule has 1 saturated carbocycles. The molecule has 0 aliphatic heterocycles. The molecule has 1 heterocycles. The van der Waals surface area contributed by atoms with E-state index in [2.05, 4.69) is 21.8 Å². The number of nitrogens with zero attached hydrogens (tertiary/aromatic N) is 3. The summed E-state index contributed by atoms with van der Waals surface area (Å²) < 4.78 is 1.78. The van der Waals surface area contributed by atoms with Crippen LogP contribution in [0.4, 0.5) is 0 Å². The molecule has 0 saturated heterocycles. The summed E-state index contributed by atoms with van der Waals surface area (Å²) >= 11 is 6.19. The first-order valence-electron chi connectivity index (χ1n) is 10.8. The predicted octanol–water partition coefficient (Wildman–Crippen LogP) is 4.20. The van der Waals surface area contributed by atoms with Crippen LogP contribution in [0.15, 0.2) is 18.2 Å². The lowest BCUT2D eigenvalue weighted by Gasteiger charge is -2.34. The maximum absolute atomic E-state index is 13.2. The second kappa shape index (κ2) is 9.69. The Labute approximate surface area is 188 Å². The van der Waals surface area contributed by atoms with Crippen molar-refractivity contribution in [2.24, 2.45) is 5.41 Å². The molecule has 166 valence electrons. The summed E-state index contributed by atoms with van der Waals surface area (Å²) in [4.78, 5) is 26.1. The first kappa shape index (κ1) is 23.1. The van der Waals surface area contributed by atoms with Crippen molar-refractivity contribution in [1.29, 1.82) is 5.26 Å². The quantitative estimate of drug-likeness (QED) is 0.597. The summed E-state index contributed by atoms with van der Waals surface area (Å²) in [5.41, 5.74) is 0.595. The number of aryl methyl sites for hydroxylation is 1. The molecular formula is C23H30ClN5O2. The zero-order chi connectivity index (χ0) is 22.6. The Hall–Kier alpha value is -2.59. The van der Waals surface area contributed by atoms with Crippen LogP contribution >= 0.6 is 11.6 Å². The Bertz CT molecular complexity index is 998. The summed E-state index contributed by atoms with van der Waals surface area (Å²) in [7, 11) is 0. The number of benzene rings is 1. The van der Waals surface area contributed by atoms with E-state index < -0.39 is 17.4 Å². The average Bonchev–Trinajstić information content (AvgIpc) is 3.02. The molecular weight excluding hydrogens is 414 g/mol.